The zero-order valence-electron chi connectivity index (χ0n) is 13.8. The minimum absolute atomic E-state index is 0.139. The monoisotopic (exact) mass is 267 g/mol. The first-order valence-corrected chi connectivity index (χ1v) is 6.68. The molecule has 0 aromatic rings. The summed E-state index contributed by atoms with van der Waals surface area (Å²) in [6.07, 6.45) is 2.38. The fraction of sp³-hybridized carbons (Fsp3) is 0.688. The van der Waals surface area contributed by atoms with Crippen molar-refractivity contribution in [2.45, 2.75) is 60.5 Å². The molecule has 0 N–H and O–H groups in total. The van der Waals surface area contributed by atoms with Crippen LogP contribution in [0.4, 0.5) is 4.79 Å². The molecule has 3 nitrogen and oxygen atoms in total. The number of allylic oxidation sites excluding steroid dienone is 2. The van der Waals surface area contributed by atoms with Gasteiger partial charge in [-0.05, 0) is 45.1 Å². The normalized spacial score (nSPS) is 13.2. The number of ether oxygens (including phenoxy) is 1. The van der Waals surface area contributed by atoms with Crippen molar-refractivity contribution in [3.05, 3.63) is 23.9 Å². The Kier molecular flexibility index (Phi) is 5.85. The lowest BCUT2D eigenvalue weighted by molar-refractivity contribution is 0.0355. The van der Waals surface area contributed by atoms with E-state index in [-0.39, 0.29) is 11.5 Å². The summed E-state index contributed by atoms with van der Waals surface area (Å²) in [6, 6.07) is 0. The summed E-state index contributed by atoms with van der Waals surface area (Å²) in [5.41, 5.74) is 1.42. The molecule has 0 saturated heterocycles. The van der Waals surface area contributed by atoms with Gasteiger partial charge in [0.2, 0.25) is 0 Å². The number of nitrogens with zero attached hydrogens (tertiary/aromatic N) is 1. The highest BCUT2D eigenvalue weighted by atomic mass is 16.6. The van der Waals surface area contributed by atoms with Crippen molar-refractivity contribution >= 4 is 6.09 Å². The van der Waals surface area contributed by atoms with E-state index in [4.69, 9.17) is 4.74 Å². The summed E-state index contributed by atoms with van der Waals surface area (Å²) in [6.45, 7) is 18.0. The molecule has 0 radical (unpaired) electrons. The molecule has 19 heavy (non-hydrogen) atoms. The van der Waals surface area contributed by atoms with Gasteiger partial charge in [-0.1, -0.05) is 33.4 Å². The van der Waals surface area contributed by atoms with Crippen LogP contribution in [-0.2, 0) is 4.74 Å². The van der Waals surface area contributed by atoms with Crippen LogP contribution in [0.15, 0.2) is 23.9 Å². The minimum Gasteiger partial charge on any atom is -0.443 e. The highest BCUT2D eigenvalue weighted by Gasteiger charge is 2.24. The van der Waals surface area contributed by atoms with Crippen molar-refractivity contribution in [1.29, 1.82) is 0 Å². The van der Waals surface area contributed by atoms with E-state index in [0.29, 0.717) is 0 Å². The Balaban J connectivity index is 4.89. The summed E-state index contributed by atoms with van der Waals surface area (Å²) in [7, 11) is 1.72. The number of rotatable bonds is 3. The average Bonchev–Trinajstić information content (AvgIpc) is 2.12. The third-order valence-corrected chi connectivity index (χ3v) is 2.41. The van der Waals surface area contributed by atoms with E-state index in [1.165, 1.54) is 4.90 Å². The van der Waals surface area contributed by atoms with Crippen LogP contribution in [0.1, 0.15) is 54.9 Å². The molecule has 0 spiro atoms. The Morgan fingerprint density at radius 1 is 1.21 bits per heavy atom. The molecule has 0 heterocycles. The van der Waals surface area contributed by atoms with E-state index in [9.17, 15) is 4.79 Å². The first kappa shape index (κ1) is 17.8. The van der Waals surface area contributed by atoms with E-state index < -0.39 is 5.60 Å². The van der Waals surface area contributed by atoms with Gasteiger partial charge in [-0.15, -0.1) is 0 Å². The van der Waals surface area contributed by atoms with E-state index in [0.717, 1.165) is 17.7 Å². The molecule has 3 heteroatoms. The van der Waals surface area contributed by atoms with Gasteiger partial charge in [-0.3, -0.25) is 4.90 Å². The summed E-state index contributed by atoms with van der Waals surface area (Å²) in [5, 5.41) is 0. The third kappa shape index (κ3) is 7.04. The summed E-state index contributed by atoms with van der Waals surface area (Å²) in [5.74, 6) is 0. The van der Waals surface area contributed by atoms with E-state index in [2.05, 4.69) is 27.4 Å². The smallest absolute Gasteiger partial charge is 0.414 e. The minimum atomic E-state index is -0.491. The van der Waals surface area contributed by atoms with Crippen LogP contribution in [0.5, 0.6) is 0 Å². The molecule has 0 atom stereocenters. The van der Waals surface area contributed by atoms with Crippen molar-refractivity contribution in [3.63, 3.8) is 0 Å². The fourth-order valence-electron chi connectivity index (χ4n) is 1.79. The lowest BCUT2D eigenvalue weighted by atomic mass is 9.87. The standard InChI is InChI=1S/C16H29NO2/c1-10-13(12(2)11-15(3,4)5)17(9)14(18)19-16(6,7)8/h10H,2,11H2,1,3-9H3/b13-10+. The molecule has 0 rings (SSSR count). The Hall–Kier alpha value is -1.25. The average molecular weight is 267 g/mol. The van der Waals surface area contributed by atoms with E-state index in [1.807, 2.05) is 33.8 Å². The lowest BCUT2D eigenvalue weighted by Crippen LogP contribution is -2.34. The van der Waals surface area contributed by atoms with Gasteiger partial charge < -0.3 is 4.74 Å². The molecule has 0 aliphatic carbocycles. The maximum absolute atomic E-state index is 12.1. The van der Waals surface area contributed by atoms with Crippen molar-refractivity contribution in [3.8, 4) is 0 Å². The Morgan fingerprint density at radius 3 is 2.00 bits per heavy atom. The summed E-state index contributed by atoms with van der Waals surface area (Å²) >= 11 is 0. The van der Waals surface area contributed by atoms with E-state index >= 15 is 0 Å². The molecule has 110 valence electrons. The maximum Gasteiger partial charge on any atom is 0.414 e. The fourth-order valence-corrected chi connectivity index (χ4v) is 1.79. The van der Waals surface area contributed by atoms with Crippen LogP contribution in [0.25, 0.3) is 0 Å². The van der Waals surface area contributed by atoms with Crippen molar-refractivity contribution in [1.82, 2.24) is 4.90 Å². The zero-order valence-corrected chi connectivity index (χ0v) is 13.8. The highest BCUT2D eigenvalue weighted by molar-refractivity contribution is 5.71. The number of hydrogen-bond donors (Lipinski definition) is 0. The molecule has 0 fully saturated rings. The van der Waals surface area contributed by atoms with Crippen molar-refractivity contribution < 1.29 is 9.53 Å². The van der Waals surface area contributed by atoms with Crippen molar-refractivity contribution in [2.24, 2.45) is 5.41 Å². The molecule has 0 aromatic heterocycles. The molecular weight excluding hydrogens is 238 g/mol. The van der Waals surface area contributed by atoms with Gasteiger partial charge in [-0.2, -0.15) is 0 Å². The van der Waals surface area contributed by atoms with Gasteiger partial charge in [-0.25, -0.2) is 4.79 Å². The maximum atomic E-state index is 12.1. The molecule has 0 aromatic carbocycles. The van der Waals surface area contributed by atoms with Crippen molar-refractivity contribution in [2.75, 3.05) is 7.05 Å². The first-order chi connectivity index (χ1) is 8.37. The topological polar surface area (TPSA) is 29.5 Å². The van der Waals surface area contributed by atoms with Gasteiger partial charge in [0.1, 0.15) is 5.60 Å². The van der Waals surface area contributed by atoms with Gasteiger partial charge >= 0.3 is 6.09 Å². The molecule has 0 aliphatic heterocycles. The second-order valence-corrected chi connectivity index (χ2v) is 7.05. The Morgan fingerprint density at radius 2 is 1.68 bits per heavy atom. The van der Waals surface area contributed by atoms with Gasteiger partial charge in [0.05, 0.1) is 0 Å². The Labute approximate surface area is 118 Å². The summed E-state index contributed by atoms with van der Waals surface area (Å²) in [4.78, 5) is 13.6. The van der Waals surface area contributed by atoms with Crippen LogP contribution < -0.4 is 0 Å². The summed E-state index contributed by atoms with van der Waals surface area (Å²) < 4.78 is 5.37. The molecule has 0 bridgehead atoms. The number of hydrogen-bond acceptors (Lipinski definition) is 2. The molecule has 1 amide bonds. The lowest BCUT2D eigenvalue weighted by Gasteiger charge is -2.29. The molecule has 0 saturated carbocycles. The second kappa shape index (κ2) is 6.27. The van der Waals surface area contributed by atoms with Crippen LogP contribution >= 0.6 is 0 Å². The van der Waals surface area contributed by atoms with Crippen LogP contribution in [-0.4, -0.2) is 23.6 Å². The third-order valence-electron chi connectivity index (χ3n) is 2.41. The van der Waals surface area contributed by atoms with Gasteiger partial charge in [0, 0.05) is 12.7 Å². The molecule has 0 unspecified atom stereocenters. The SMILES string of the molecule is C=C(CC(C)(C)C)/C(=C\C)N(C)C(=O)OC(C)(C)C. The number of carbonyl (C=O) groups is 1. The predicted molar refractivity (Wildman–Crippen MR) is 81.0 cm³/mol. The second-order valence-electron chi connectivity index (χ2n) is 7.05. The number of amides is 1. The Bertz CT molecular complexity index is 367. The van der Waals surface area contributed by atoms with Gasteiger partial charge in [0.25, 0.3) is 0 Å². The van der Waals surface area contributed by atoms with Crippen LogP contribution in [0.2, 0.25) is 0 Å². The quantitative estimate of drug-likeness (QED) is 0.691. The number of likely N-dealkylation sites (N-methyl/N-ethyl adjacent to an activating group) is 1. The molecular formula is C16H29NO2. The largest absolute Gasteiger partial charge is 0.443 e. The van der Waals surface area contributed by atoms with E-state index in [1.54, 1.807) is 7.05 Å². The van der Waals surface area contributed by atoms with Gasteiger partial charge in [0.15, 0.2) is 0 Å². The molecule has 0 aliphatic rings. The number of carbonyl (C=O) groups excluding carboxylic acids is 1. The van der Waals surface area contributed by atoms with Crippen LogP contribution in [0, 0.1) is 5.41 Å². The van der Waals surface area contributed by atoms with Crippen LogP contribution in [0.3, 0.4) is 0 Å². The first-order valence-electron chi connectivity index (χ1n) is 6.68. The zero-order chi connectivity index (χ0) is 15.4. The predicted octanol–water partition coefficient (Wildman–Crippen LogP) is 4.75. The highest BCUT2D eigenvalue weighted by Crippen LogP contribution is 2.28.